The first-order chi connectivity index (χ1) is 42.9. The molecule has 2 saturated carbocycles. The molecule has 4 heterocycles. The van der Waals surface area contributed by atoms with Crippen LogP contribution in [0.15, 0.2) is 192 Å². The van der Waals surface area contributed by atoms with Gasteiger partial charge in [0.15, 0.2) is 0 Å². The zero-order chi connectivity index (χ0) is 62.8. The summed E-state index contributed by atoms with van der Waals surface area (Å²) in [4.78, 5) is 55.0. The number of halogens is 4. The second-order valence-electron chi connectivity index (χ2n) is 21.6. The van der Waals surface area contributed by atoms with Crippen molar-refractivity contribution in [1.29, 1.82) is 0 Å². The van der Waals surface area contributed by atoms with Gasteiger partial charge in [0, 0.05) is 101 Å². The Labute approximate surface area is 549 Å². The molecule has 10 aromatic rings. The number of nitro benzene ring substituents is 1. The van der Waals surface area contributed by atoms with Crippen LogP contribution in [0.25, 0.3) is 44.3 Å². The van der Waals surface area contributed by atoms with E-state index in [1.54, 1.807) is 128 Å². The number of aromatic nitrogens is 6. The number of nitrogens with one attached hydrogen (secondary N) is 2. The third-order valence-electron chi connectivity index (χ3n) is 15.7. The number of nitrogens with zero attached hydrogens (tertiary/aromatic N) is 7. The van der Waals surface area contributed by atoms with Crippen LogP contribution >= 0.6 is 41.0 Å². The Hall–Kier alpha value is -7.44. The predicted octanol–water partition coefficient (Wildman–Crippen LogP) is 14.2. The van der Waals surface area contributed by atoms with Crippen LogP contribution in [0.2, 0.25) is 10.0 Å². The number of fused-ring (bicyclic) bond motifs is 2. The summed E-state index contributed by atoms with van der Waals surface area (Å²) in [6, 6.07) is 43.6. The fourth-order valence-corrected chi connectivity index (χ4v) is 14.7. The van der Waals surface area contributed by atoms with Crippen LogP contribution in [0.5, 0.6) is 0 Å². The monoisotopic (exact) mass is 1430 g/mol. The maximum atomic E-state index is 13.6. The van der Waals surface area contributed by atoms with Gasteiger partial charge in [0.05, 0.1) is 47.2 Å². The Morgan fingerprint density at radius 2 is 0.956 bits per heavy atom. The van der Waals surface area contributed by atoms with Gasteiger partial charge >= 0.3 is 36.7 Å². The molecule has 4 unspecified atom stereocenters. The molecule has 6 aromatic carbocycles. The SMILES string of the molecule is C.Nc1ccc(C(=O)NC2CCCC(Cc3ncc(Cl)c(-c4cn(S(=O)(=O)c5ccccc5)c5ccccc45)n3)C2)cc1.O=C(NC1CCCC(Cc2ncc(Cl)c(-c3cn(S(=O)(=O)c4ccccc4)c4ccccc34)n2)C1)c1ccc([N+](=O)[O-])cc1.[Cl][Sn][Cl]. The number of benzene rings is 6. The number of carbonyl (C=O) groups excluding carboxylic acids is 2. The summed E-state index contributed by atoms with van der Waals surface area (Å²) in [5, 5.41) is 19.2. The molecule has 2 fully saturated rings. The number of hydrogen-bond acceptors (Lipinski definition) is 13. The third kappa shape index (κ3) is 15.6. The first kappa shape index (κ1) is 67.0. The Kier molecular flexibility index (Phi) is 22.4. The molecule has 4 N–H and O–H groups in total. The van der Waals surface area contributed by atoms with E-state index >= 15 is 0 Å². The third-order valence-corrected chi connectivity index (χ3v) is 19.7. The van der Waals surface area contributed by atoms with Crippen LogP contribution < -0.4 is 16.4 Å². The molecular weight excluding hydrogens is 1370 g/mol. The van der Waals surface area contributed by atoms with Gasteiger partial charge in [0.2, 0.25) is 0 Å². The van der Waals surface area contributed by atoms with Crippen molar-refractivity contribution < 1.29 is 31.3 Å². The molecule has 18 nitrogen and oxygen atoms in total. The Morgan fingerprint density at radius 3 is 1.36 bits per heavy atom. The molecule has 90 heavy (non-hydrogen) atoms. The maximum absolute atomic E-state index is 13.6. The number of anilines is 1. The van der Waals surface area contributed by atoms with Gasteiger partial charge in [0.25, 0.3) is 37.5 Å². The van der Waals surface area contributed by atoms with Crippen molar-refractivity contribution in [2.24, 2.45) is 11.8 Å². The van der Waals surface area contributed by atoms with Crippen molar-refractivity contribution in [2.45, 2.75) is 93.5 Å². The van der Waals surface area contributed by atoms with Crippen molar-refractivity contribution in [2.75, 3.05) is 5.73 Å². The summed E-state index contributed by atoms with van der Waals surface area (Å²) in [6.07, 6.45) is 14.6. The number of non-ortho nitro benzene ring substituents is 1. The number of nitro groups is 1. The number of para-hydroxylation sites is 2. The molecule has 0 aliphatic heterocycles. The van der Waals surface area contributed by atoms with Crippen molar-refractivity contribution in [3.8, 4) is 22.5 Å². The van der Waals surface area contributed by atoms with Crippen LogP contribution in [0.1, 0.15) is 91.2 Å². The van der Waals surface area contributed by atoms with Gasteiger partial charge in [-0.05, 0) is 123 Å². The van der Waals surface area contributed by atoms with E-state index in [0.29, 0.717) is 90.3 Å². The minimum absolute atomic E-state index is 0. The predicted molar refractivity (Wildman–Crippen MR) is 356 cm³/mol. The van der Waals surface area contributed by atoms with Crippen molar-refractivity contribution in [3.63, 3.8) is 0 Å². The van der Waals surface area contributed by atoms with E-state index in [1.807, 2.05) is 30.3 Å². The number of carbonyl (C=O) groups is 2. The van der Waals surface area contributed by atoms with E-state index in [1.165, 1.54) is 32.2 Å². The molecular formula is C65H62Cl4N10O8S2Sn. The number of amides is 2. The van der Waals surface area contributed by atoms with Gasteiger partial charge < -0.3 is 16.4 Å². The topological polar surface area (TPSA) is 257 Å². The molecule has 464 valence electrons. The van der Waals surface area contributed by atoms with Gasteiger partial charge in [-0.3, -0.25) is 19.7 Å². The summed E-state index contributed by atoms with van der Waals surface area (Å²) in [5.74, 6) is 1.33. The number of hydrogen-bond donors (Lipinski definition) is 3. The number of nitrogen functional groups attached to an aromatic ring is 1. The summed E-state index contributed by atoms with van der Waals surface area (Å²) in [7, 11) is 2.15. The van der Waals surface area contributed by atoms with Gasteiger partial charge in [-0.2, -0.15) is 0 Å². The Bertz CT molecular complexity index is 4420. The van der Waals surface area contributed by atoms with Crippen molar-refractivity contribution in [1.82, 2.24) is 38.5 Å². The van der Waals surface area contributed by atoms with Crippen LogP contribution in [-0.4, -0.2) is 92.4 Å². The molecule has 25 heteroatoms. The van der Waals surface area contributed by atoms with Crippen LogP contribution in [0.4, 0.5) is 11.4 Å². The van der Waals surface area contributed by atoms with Crippen molar-refractivity contribution >= 4 is 125 Å². The van der Waals surface area contributed by atoms with Gasteiger partial charge in [-0.15, -0.1) is 0 Å². The van der Waals surface area contributed by atoms with Crippen molar-refractivity contribution in [3.05, 3.63) is 225 Å². The van der Waals surface area contributed by atoms with Gasteiger partial charge in [-0.1, -0.05) is 116 Å². The fraction of sp³-hybridized carbons (Fsp3) is 0.231. The fourth-order valence-electron chi connectivity index (χ4n) is 11.5. The summed E-state index contributed by atoms with van der Waals surface area (Å²) in [5.41, 5.74) is 10.5. The Morgan fingerprint density at radius 1 is 0.578 bits per heavy atom. The van der Waals surface area contributed by atoms with E-state index in [0.717, 1.165) is 56.8 Å². The number of nitrogens with two attached hydrogens (primary N) is 1. The van der Waals surface area contributed by atoms with Crippen LogP contribution in [0.3, 0.4) is 0 Å². The molecule has 0 saturated heterocycles. The standard InChI is InChI=1S/C32H28ClN5O5S.C32H30ClN5O3S.CH4.2ClH.Sn/c33-28-19-34-30(18-21-7-6-8-23(17-21)35-32(39)22-13-15-24(16-14-22)38(40)41)36-31(28)27-20-37(29-12-5-4-11-26(27)29)44(42,43)25-9-2-1-3-10-25;33-28-19-35-30(18-21-7-6-8-24(17-21)36-32(39)22-13-15-23(34)16-14-22)37-31(28)27-20-38(29-12-5-4-11-26(27)29)42(40,41)25-9-2-1-3-10-25;;;;/h1-5,9-16,19-21,23H,6-8,17-18H2,(H,35,39);1-5,9-16,19-21,24H,6-8,17-18,34H2,(H,36,39);1H4;2*1H;/q;;;;;+2/p-2. The molecule has 2 aliphatic rings. The normalized spacial score (nSPS) is 16.5. The Balaban J connectivity index is 0.000000203. The second-order valence-corrected chi connectivity index (χ2v) is 30.3. The minimum atomic E-state index is -3.87. The average Bonchev–Trinajstić information content (AvgIpc) is 1.67. The zero-order valence-corrected chi connectivity index (χ0v) is 55.0. The quantitative estimate of drug-likeness (QED) is 0.0374. The van der Waals surface area contributed by atoms with Gasteiger partial charge in [0.1, 0.15) is 11.6 Å². The molecule has 4 aromatic heterocycles. The average molecular weight is 1440 g/mol. The van der Waals surface area contributed by atoms with E-state index in [4.69, 9.17) is 56.7 Å². The van der Waals surface area contributed by atoms with E-state index in [9.17, 15) is 36.5 Å². The molecule has 2 radical (unpaired) electrons. The molecule has 0 bridgehead atoms. The summed E-state index contributed by atoms with van der Waals surface area (Å²) < 4.78 is 56.9. The zero-order valence-electron chi connectivity index (χ0n) is 47.5. The summed E-state index contributed by atoms with van der Waals surface area (Å²) in [6.45, 7) is 0. The van der Waals surface area contributed by atoms with E-state index in [-0.39, 0.29) is 58.6 Å². The van der Waals surface area contributed by atoms with Crippen LogP contribution in [0, 0.1) is 22.0 Å². The molecule has 12 rings (SSSR count). The summed E-state index contributed by atoms with van der Waals surface area (Å²) >= 11 is 12.4. The first-order valence-electron chi connectivity index (χ1n) is 28.4. The first-order valence-corrected chi connectivity index (χ1v) is 39.3. The molecule has 4 atom stereocenters. The van der Waals surface area contributed by atoms with E-state index in [2.05, 4.69) is 20.6 Å². The number of rotatable bonds is 15. The second kappa shape index (κ2) is 30.1. The van der Waals surface area contributed by atoms with Gasteiger partial charge in [-0.25, -0.2) is 44.7 Å². The molecule has 0 spiro atoms. The van der Waals surface area contributed by atoms with E-state index < -0.39 is 43.9 Å². The van der Waals surface area contributed by atoms with Crippen LogP contribution in [-0.2, 0) is 32.9 Å². The molecule has 2 amide bonds. The molecule has 2 aliphatic carbocycles.